The molecular formula is C18H19ClO2. The largest absolute Gasteiger partial charge is 0.490 e. The fourth-order valence-corrected chi connectivity index (χ4v) is 2.74. The molecule has 1 atom stereocenters. The third kappa shape index (κ3) is 3.58. The van der Waals surface area contributed by atoms with E-state index in [0.717, 1.165) is 11.5 Å². The quantitative estimate of drug-likeness (QED) is 0.866. The zero-order chi connectivity index (χ0) is 14.7. The highest BCUT2D eigenvalue weighted by Gasteiger charge is 2.19. The SMILES string of the molecule is OC(COc1cccc(Cl)c1)c1ccc(C2CCC2)cc1. The number of hydrogen-bond acceptors (Lipinski definition) is 2. The van der Waals surface area contributed by atoms with Gasteiger partial charge in [0, 0.05) is 5.02 Å². The van der Waals surface area contributed by atoms with Crippen LogP contribution in [0.25, 0.3) is 0 Å². The molecule has 0 aromatic heterocycles. The van der Waals surface area contributed by atoms with Crippen LogP contribution in [0, 0.1) is 0 Å². The fraction of sp³-hybridized carbons (Fsp3) is 0.333. The highest BCUT2D eigenvalue weighted by atomic mass is 35.5. The van der Waals surface area contributed by atoms with Crippen molar-refractivity contribution in [1.29, 1.82) is 0 Å². The van der Waals surface area contributed by atoms with Gasteiger partial charge in [0.1, 0.15) is 18.5 Å². The lowest BCUT2D eigenvalue weighted by molar-refractivity contribution is 0.108. The molecule has 2 aromatic rings. The van der Waals surface area contributed by atoms with Gasteiger partial charge < -0.3 is 9.84 Å². The number of rotatable bonds is 5. The van der Waals surface area contributed by atoms with Crippen LogP contribution in [0.5, 0.6) is 5.75 Å². The van der Waals surface area contributed by atoms with Gasteiger partial charge in [0.2, 0.25) is 0 Å². The van der Waals surface area contributed by atoms with Gasteiger partial charge in [0.25, 0.3) is 0 Å². The Bertz CT molecular complexity index is 590. The molecular weight excluding hydrogens is 284 g/mol. The molecule has 1 aliphatic carbocycles. The Kier molecular flexibility index (Phi) is 4.47. The van der Waals surface area contributed by atoms with Crippen LogP contribution in [-0.4, -0.2) is 11.7 Å². The summed E-state index contributed by atoms with van der Waals surface area (Å²) < 4.78 is 5.58. The predicted molar refractivity (Wildman–Crippen MR) is 84.9 cm³/mol. The summed E-state index contributed by atoms with van der Waals surface area (Å²) in [5.41, 5.74) is 2.27. The molecule has 0 saturated heterocycles. The minimum Gasteiger partial charge on any atom is -0.490 e. The first kappa shape index (κ1) is 14.4. The van der Waals surface area contributed by atoms with Crippen molar-refractivity contribution in [3.05, 3.63) is 64.7 Å². The van der Waals surface area contributed by atoms with Crippen molar-refractivity contribution in [3.8, 4) is 5.75 Å². The molecule has 1 unspecified atom stereocenters. The fourth-order valence-electron chi connectivity index (χ4n) is 2.56. The molecule has 0 amide bonds. The molecule has 1 saturated carbocycles. The standard InChI is InChI=1S/C18H19ClO2/c19-16-5-2-6-17(11-16)21-12-18(20)15-9-7-14(8-10-15)13-3-1-4-13/h2,5-11,13,18,20H,1,3-4,12H2. The lowest BCUT2D eigenvalue weighted by Crippen LogP contribution is -2.11. The summed E-state index contributed by atoms with van der Waals surface area (Å²) in [4.78, 5) is 0. The average molecular weight is 303 g/mol. The maximum atomic E-state index is 10.2. The van der Waals surface area contributed by atoms with Crippen LogP contribution in [-0.2, 0) is 0 Å². The van der Waals surface area contributed by atoms with Gasteiger partial charge >= 0.3 is 0 Å². The van der Waals surface area contributed by atoms with Gasteiger partial charge in [0.15, 0.2) is 0 Å². The van der Waals surface area contributed by atoms with E-state index in [9.17, 15) is 5.11 Å². The van der Waals surface area contributed by atoms with E-state index in [1.54, 1.807) is 12.1 Å². The summed E-state index contributed by atoms with van der Waals surface area (Å²) in [6.45, 7) is 0.225. The average Bonchev–Trinajstić information content (AvgIpc) is 2.44. The van der Waals surface area contributed by atoms with Crippen LogP contribution in [0.2, 0.25) is 5.02 Å². The molecule has 1 fully saturated rings. The third-order valence-electron chi connectivity index (χ3n) is 4.10. The number of aliphatic hydroxyl groups excluding tert-OH is 1. The summed E-state index contributed by atoms with van der Waals surface area (Å²) in [5, 5.41) is 10.8. The van der Waals surface area contributed by atoms with Crippen LogP contribution in [0.3, 0.4) is 0 Å². The van der Waals surface area contributed by atoms with E-state index in [-0.39, 0.29) is 6.61 Å². The molecule has 0 aliphatic heterocycles. The second-order valence-electron chi connectivity index (χ2n) is 5.58. The minimum absolute atomic E-state index is 0.225. The number of benzene rings is 2. The van der Waals surface area contributed by atoms with Crippen molar-refractivity contribution < 1.29 is 9.84 Å². The smallest absolute Gasteiger partial charge is 0.120 e. The Morgan fingerprint density at radius 2 is 1.90 bits per heavy atom. The highest BCUT2D eigenvalue weighted by Crippen LogP contribution is 2.36. The summed E-state index contributed by atoms with van der Waals surface area (Å²) in [6.07, 6.45) is 3.29. The number of hydrogen-bond donors (Lipinski definition) is 1. The van der Waals surface area contributed by atoms with Crippen LogP contribution in [0.1, 0.15) is 42.4 Å². The molecule has 0 bridgehead atoms. The monoisotopic (exact) mass is 302 g/mol. The van der Waals surface area contributed by atoms with E-state index in [2.05, 4.69) is 12.1 Å². The van der Waals surface area contributed by atoms with Crippen molar-refractivity contribution in [1.82, 2.24) is 0 Å². The minimum atomic E-state index is -0.626. The maximum Gasteiger partial charge on any atom is 0.120 e. The zero-order valence-corrected chi connectivity index (χ0v) is 12.6. The Morgan fingerprint density at radius 1 is 1.14 bits per heavy atom. The second-order valence-corrected chi connectivity index (χ2v) is 6.02. The summed E-state index contributed by atoms with van der Waals surface area (Å²) in [7, 11) is 0. The van der Waals surface area contributed by atoms with Crippen molar-refractivity contribution in [2.75, 3.05) is 6.61 Å². The lowest BCUT2D eigenvalue weighted by atomic mass is 9.80. The van der Waals surface area contributed by atoms with E-state index in [0.29, 0.717) is 10.8 Å². The Balaban J connectivity index is 1.58. The topological polar surface area (TPSA) is 29.5 Å². The Labute approximate surface area is 130 Å². The predicted octanol–water partition coefficient (Wildman–Crippen LogP) is 4.72. The summed E-state index contributed by atoms with van der Waals surface area (Å²) >= 11 is 5.90. The van der Waals surface area contributed by atoms with Crippen LogP contribution in [0.4, 0.5) is 0 Å². The van der Waals surface area contributed by atoms with Gasteiger partial charge in [-0.25, -0.2) is 0 Å². The molecule has 2 nitrogen and oxygen atoms in total. The van der Waals surface area contributed by atoms with Gasteiger partial charge in [0.05, 0.1) is 0 Å². The molecule has 1 N–H and O–H groups in total. The van der Waals surface area contributed by atoms with Gasteiger partial charge in [-0.1, -0.05) is 48.4 Å². The van der Waals surface area contributed by atoms with E-state index < -0.39 is 6.10 Å². The van der Waals surface area contributed by atoms with Crippen molar-refractivity contribution >= 4 is 11.6 Å². The Hall–Kier alpha value is -1.51. The number of aliphatic hydroxyl groups is 1. The second kappa shape index (κ2) is 6.50. The molecule has 0 radical (unpaired) electrons. The summed E-state index contributed by atoms with van der Waals surface area (Å²) in [5.74, 6) is 1.39. The maximum absolute atomic E-state index is 10.2. The van der Waals surface area contributed by atoms with E-state index in [4.69, 9.17) is 16.3 Å². The normalized spacial score (nSPS) is 16.3. The van der Waals surface area contributed by atoms with Gasteiger partial charge in [-0.15, -0.1) is 0 Å². The number of ether oxygens (including phenoxy) is 1. The van der Waals surface area contributed by atoms with Gasteiger partial charge in [-0.2, -0.15) is 0 Å². The lowest BCUT2D eigenvalue weighted by Gasteiger charge is -2.26. The first-order valence-electron chi connectivity index (χ1n) is 7.38. The molecule has 0 heterocycles. The van der Waals surface area contributed by atoms with Crippen LogP contribution in [0.15, 0.2) is 48.5 Å². The molecule has 1 aliphatic rings. The molecule has 3 heteroatoms. The third-order valence-corrected chi connectivity index (χ3v) is 4.34. The van der Waals surface area contributed by atoms with Crippen molar-refractivity contribution in [2.24, 2.45) is 0 Å². The van der Waals surface area contributed by atoms with E-state index >= 15 is 0 Å². The van der Waals surface area contributed by atoms with Crippen molar-refractivity contribution in [3.63, 3.8) is 0 Å². The highest BCUT2D eigenvalue weighted by molar-refractivity contribution is 6.30. The van der Waals surface area contributed by atoms with Gasteiger partial charge in [-0.3, -0.25) is 0 Å². The number of halogens is 1. The van der Waals surface area contributed by atoms with Crippen LogP contribution < -0.4 is 4.74 Å². The Morgan fingerprint density at radius 3 is 2.52 bits per heavy atom. The first-order chi connectivity index (χ1) is 10.2. The van der Waals surface area contributed by atoms with Gasteiger partial charge in [-0.05, 0) is 48.1 Å². The molecule has 3 rings (SSSR count). The molecule has 21 heavy (non-hydrogen) atoms. The molecule has 0 spiro atoms. The van der Waals surface area contributed by atoms with E-state index in [1.807, 2.05) is 24.3 Å². The molecule has 110 valence electrons. The molecule has 2 aromatic carbocycles. The van der Waals surface area contributed by atoms with E-state index in [1.165, 1.54) is 24.8 Å². The first-order valence-corrected chi connectivity index (χ1v) is 7.76. The summed E-state index contributed by atoms with van der Waals surface area (Å²) in [6, 6.07) is 15.5. The zero-order valence-electron chi connectivity index (χ0n) is 11.8. The van der Waals surface area contributed by atoms with Crippen LogP contribution >= 0.6 is 11.6 Å². The van der Waals surface area contributed by atoms with Crippen molar-refractivity contribution in [2.45, 2.75) is 31.3 Å².